The molecule has 1 unspecified atom stereocenters. The molecule has 0 spiro atoms. The Labute approximate surface area is 157 Å². The Hall–Kier alpha value is -3.36. The van der Waals surface area contributed by atoms with Crippen molar-refractivity contribution < 1.29 is 22.8 Å². The van der Waals surface area contributed by atoms with E-state index in [1.807, 2.05) is 6.07 Å². The first-order chi connectivity index (χ1) is 13.3. The summed E-state index contributed by atoms with van der Waals surface area (Å²) in [5, 5.41) is 0. The van der Waals surface area contributed by atoms with E-state index in [2.05, 4.69) is 10.4 Å². The molecule has 2 aromatic carbocycles. The number of halogens is 3. The second kappa shape index (κ2) is 6.66. The first-order valence-electron chi connectivity index (χ1n) is 8.53. The Bertz CT molecular complexity index is 1060. The van der Waals surface area contributed by atoms with Crippen molar-refractivity contribution in [3.05, 3.63) is 60.4 Å². The molecule has 2 amide bonds. The van der Waals surface area contributed by atoms with Gasteiger partial charge >= 0.3 is 6.18 Å². The number of hydrogen-bond donors (Lipinski definition) is 1. The van der Waals surface area contributed by atoms with Gasteiger partial charge in [-0.25, -0.2) is 9.66 Å². The van der Waals surface area contributed by atoms with Gasteiger partial charge in [0.1, 0.15) is 6.33 Å². The second-order valence-electron chi connectivity index (χ2n) is 6.53. The standard InChI is InChI=1S/C19H15F3N4O2/c20-19(21,22)13-4-3-5-14(9-13)25-10-12(8-17(25)27)18(28)24-26-11-23-15-6-1-2-7-16(15)26/h1-7,9,11-12H,8,10H2,(H,24,28). The maximum Gasteiger partial charge on any atom is 0.416 e. The normalized spacial score (nSPS) is 17.3. The van der Waals surface area contributed by atoms with Crippen molar-refractivity contribution >= 4 is 28.5 Å². The van der Waals surface area contributed by atoms with Crippen molar-refractivity contribution in [2.45, 2.75) is 12.6 Å². The lowest BCUT2D eigenvalue weighted by atomic mass is 10.1. The largest absolute Gasteiger partial charge is 0.416 e. The van der Waals surface area contributed by atoms with Crippen LogP contribution in [0.25, 0.3) is 11.0 Å². The fraction of sp³-hybridized carbons (Fsp3) is 0.211. The summed E-state index contributed by atoms with van der Waals surface area (Å²) in [6, 6.07) is 11.8. The van der Waals surface area contributed by atoms with Crippen molar-refractivity contribution in [2.75, 3.05) is 16.9 Å². The molecule has 1 aliphatic heterocycles. The quantitative estimate of drug-likeness (QED) is 0.750. The SMILES string of the molecule is O=C(Nn1cnc2ccccc21)C1CC(=O)N(c2cccc(C(F)(F)F)c2)C1. The topological polar surface area (TPSA) is 67.2 Å². The predicted molar refractivity (Wildman–Crippen MR) is 96.0 cm³/mol. The molecular formula is C19H15F3N4O2. The number of hydrogen-bond acceptors (Lipinski definition) is 3. The minimum Gasteiger partial charge on any atom is -0.312 e. The third kappa shape index (κ3) is 3.30. The molecule has 0 bridgehead atoms. The lowest BCUT2D eigenvalue weighted by Crippen LogP contribution is -2.31. The zero-order chi connectivity index (χ0) is 19.9. The maximum atomic E-state index is 12.9. The number of aromatic nitrogens is 2. The van der Waals surface area contributed by atoms with Gasteiger partial charge in [0.2, 0.25) is 11.8 Å². The number of fused-ring (bicyclic) bond motifs is 1. The number of amides is 2. The van der Waals surface area contributed by atoms with Crippen molar-refractivity contribution in [1.82, 2.24) is 9.66 Å². The molecule has 1 saturated heterocycles. The average molecular weight is 388 g/mol. The smallest absolute Gasteiger partial charge is 0.312 e. The van der Waals surface area contributed by atoms with Crippen LogP contribution >= 0.6 is 0 Å². The molecule has 0 saturated carbocycles. The van der Waals surface area contributed by atoms with E-state index < -0.39 is 29.5 Å². The number of nitrogens with zero attached hydrogens (tertiary/aromatic N) is 3. The lowest BCUT2D eigenvalue weighted by molar-refractivity contribution is -0.137. The van der Waals surface area contributed by atoms with Crippen LogP contribution in [-0.2, 0) is 15.8 Å². The molecule has 1 N–H and O–H groups in total. The number of rotatable bonds is 3. The van der Waals surface area contributed by atoms with Crippen molar-refractivity contribution in [2.24, 2.45) is 5.92 Å². The van der Waals surface area contributed by atoms with Crippen molar-refractivity contribution in [3.63, 3.8) is 0 Å². The monoisotopic (exact) mass is 388 g/mol. The first kappa shape index (κ1) is 18.0. The highest BCUT2D eigenvalue weighted by Gasteiger charge is 2.37. The third-order valence-corrected chi connectivity index (χ3v) is 4.67. The number of nitrogens with one attached hydrogen (secondary N) is 1. The van der Waals surface area contributed by atoms with Crippen LogP contribution in [0.4, 0.5) is 18.9 Å². The zero-order valence-corrected chi connectivity index (χ0v) is 14.5. The van der Waals surface area contributed by atoms with Gasteiger partial charge in [0.05, 0.1) is 22.5 Å². The number of anilines is 1. The zero-order valence-electron chi connectivity index (χ0n) is 14.5. The van der Waals surface area contributed by atoms with Crippen LogP contribution in [0.2, 0.25) is 0 Å². The molecule has 1 atom stereocenters. The average Bonchev–Trinajstić information content (AvgIpc) is 3.25. The maximum absolute atomic E-state index is 12.9. The molecule has 3 aromatic rings. The van der Waals surface area contributed by atoms with Gasteiger partial charge in [-0.1, -0.05) is 18.2 Å². The molecule has 1 aliphatic rings. The van der Waals surface area contributed by atoms with Crippen LogP contribution in [0.5, 0.6) is 0 Å². The molecule has 2 heterocycles. The predicted octanol–water partition coefficient (Wildman–Crippen LogP) is 3.18. The van der Waals surface area contributed by atoms with Gasteiger partial charge < -0.3 is 4.90 Å². The van der Waals surface area contributed by atoms with Crippen LogP contribution in [0.1, 0.15) is 12.0 Å². The summed E-state index contributed by atoms with van der Waals surface area (Å²) >= 11 is 0. The summed E-state index contributed by atoms with van der Waals surface area (Å²) in [4.78, 5) is 30.3. The second-order valence-corrected chi connectivity index (χ2v) is 6.53. The summed E-state index contributed by atoms with van der Waals surface area (Å²) in [6.07, 6.45) is -3.11. The van der Waals surface area contributed by atoms with Gasteiger partial charge in [0, 0.05) is 18.7 Å². The van der Waals surface area contributed by atoms with E-state index >= 15 is 0 Å². The molecule has 1 fully saturated rings. The molecule has 0 radical (unpaired) electrons. The van der Waals surface area contributed by atoms with Gasteiger partial charge in [0.25, 0.3) is 0 Å². The van der Waals surface area contributed by atoms with Crippen LogP contribution < -0.4 is 10.3 Å². The molecule has 1 aromatic heterocycles. The number of benzene rings is 2. The van der Waals surface area contributed by atoms with Gasteiger partial charge in [-0.15, -0.1) is 0 Å². The van der Waals surface area contributed by atoms with Gasteiger partial charge in [-0.05, 0) is 30.3 Å². The van der Waals surface area contributed by atoms with Gasteiger partial charge in [0.15, 0.2) is 0 Å². The Balaban J connectivity index is 1.51. The highest BCUT2D eigenvalue weighted by molar-refractivity contribution is 6.02. The molecule has 144 valence electrons. The number of alkyl halides is 3. The van der Waals surface area contributed by atoms with Crippen molar-refractivity contribution in [3.8, 4) is 0 Å². The first-order valence-corrected chi connectivity index (χ1v) is 8.53. The fourth-order valence-electron chi connectivity index (χ4n) is 3.24. The molecule has 9 heteroatoms. The van der Waals surface area contributed by atoms with E-state index in [-0.39, 0.29) is 18.7 Å². The number of para-hydroxylation sites is 2. The summed E-state index contributed by atoms with van der Waals surface area (Å²) in [5.74, 6) is -1.47. The molecular weight excluding hydrogens is 373 g/mol. The van der Waals surface area contributed by atoms with Crippen LogP contribution in [0.15, 0.2) is 54.9 Å². The number of carbonyl (C=O) groups is 2. The third-order valence-electron chi connectivity index (χ3n) is 4.67. The Morgan fingerprint density at radius 2 is 1.93 bits per heavy atom. The van der Waals surface area contributed by atoms with Crippen LogP contribution in [-0.4, -0.2) is 28.0 Å². The van der Waals surface area contributed by atoms with Crippen LogP contribution in [0, 0.1) is 5.92 Å². The van der Waals surface area contributed by atoms with Gasteiger partial charge in [-0.3, -0.25) is 15.0 Å². The van der Waals surface area contributed by atoms with E-state index in [9.17, 15) is 22.8 Å². The minimum atomic E-state index is -4.50. The minimum absolute atomic E-state index is 0.0125. The van der Waals surface area contributed by atoms with Crippen molar-refractivity contribution in [1.29, 1.82) is 0 Å². The van der Waals surface area contributed by atoms with E-state index in [0.717, 1.165) is 12.1 Å². The Kier molecular flexibility index (Phi) is 4.29. The fourth-order valence-corrected chi connectivity index (χ4v) is 3.24. The number of imidazole rings is 1. The van der Waals surface area contributed by atoms with E-state index in [1.54, 1.807) is 18.2 Å². The summed E-state index contributed by atoms with van der Waals surface area (Å²) in [6.45, 7) is 0.0125. The van der Waals surface area contributed by atoms with E-state index in [1.165, 1.54) is 28.0 Å². The van der Waals surface area contributed by atoms with E-state index in [4.69, 9.17) is 0 Å². The Morgan fingerprint density at radius 1 is 1.14 bits per heavy atom. The van der Waals surface area contributed by atoms with Crippen LogP contribution in [0.3, 0.4) is 0 Å². The summed E-state index contributed by atoms with van der Waals surface area (Å²) < 4.78 is 40.2. The summed E-state index contributed by atoms with van der Waals surface area (Å²) in [5.41, 5.74) is 3.39. The highest BCUT2D eigenvalue weighted by atomic mass is 19.4. The summed E-state index contributed by atoms with van der Waals surface area (Å²) in [7, 11) is 0. The highest BCUT2D eigenvalue weighted by Crippen LogP contribution is 2.33. The van der Waals surface area contributed by atoms with Gasteiger partial charge in [-0.2, -0.15) is 13.2 Å². The molecule has 0 aliphatic carbocycles. The molecule has 6 nitrogen and oxygen atoms in total. The Morgan fingerprint density at radius 3 is 2.71 bits per heavy atom. The molecule has 28 heavy (non-hydrogen) atoms. The number of carbonyl (C=O) groups excluding carboxylic acids is 2. The molecule has 4 rings (SSSR count). The lowest BCUT2D eigenvalue weighted by Gasteiger charge is -2.18. The van der Waals surface area contributed by atoms with E-state index in [0.29, 0.717) is 11.0 Å².